The summed E-state index contributed by atoms with van der Waals surface area (Å²) in [5.41, 5.74) is 11.3. The highest BCUT2D eigenvalue weighted by molar-refractivity contribution is 5.92. The van der Waals surface area contributed by atoms with E-state index in [1.807, 2.05) is 0 Å². The minimum atomic E-state index is -0.684. The number of carbonyl (C=O) groups is 1. The molecule has 0 saturated carbocycles. The van der Waals surface area contributed by atoms with Gasteiger partial charge in [-0.05, 0) is 6.92 Å². The van der Waals surface area contributed by atoms with E-state index in [1.165, 1.54) is 6.20 Å². The van der Waals surface area contributed by atoms with Gasteiger partial charge < -0.3 is 11.5 Å². The molecule has 13 heavy (non-hydrogen) atoms. The van der Waals surface area contributed by atoms with Gasteiger partial charge in [0.2, 0.25) is 5.95 Å². The lowest BCUT2D eigenvalue weighted by molar-refractivity contribution is -0.112. The van der Waals surface area contributed by atoms with Crippen LogP contribution in [0.4, 0.5) is 5.95 Å². The number of nitrogen functional groups attached to an aromatic ring is 1. The van der Waals surface area contributed by atoms with E-state index in [0.717, 1.165) is 0 Å². The molecule has 66 valence electrons. The Balaban J connectivity index is 3.05. The molecule has 0 aliphatic carbocycles. The van der Waals surface area contributed by atoms with Crippen LogP contribution in [0.15, 0.2) is 6.20 Å². The second-order valence-electron chi connectivity index (χ2n) is 2.34. The standard InChI is InChI=1S/C8H8N4O/c1-5-6(2-3-7(9)13)4-11-8(10)12-5/h4H,1H3,(H2,9,13)(H2,10,11,12). The van der Waals surface area contributed by atoms with Crippen molar-refractivity contribution in [2.24, 2.45) is 5.73 Å². The van der Waals surface area contributed by atoms with Crippen molar-refractivity contribution in [3.05, 3.63) is 17.5 Å². The van der Waals surface area contributed by atoms with Gasteiger partial charge in [0.25, 0.3) is 5.91 Å². The minimum absolute atomic E-state index is 0.183. The van der Waals surface area contributed by atoms with Gasteiger partial charge in [-0.2, -0.15) is 0 Å². The Hall–Kier alpha value is -2.09. The summed E-state index contributed by atoms with van der Waals surface area (Å²) in [5, 5.41) is 0. The van der Waals surface area contributed by atoms with Crippen molar-refractivity contribution in [3.8, 4) is 11.8 Å². The van der Waals surface area contributed by atoms with Crippen molar-refractivity contribution in [3.63, 3.8) is 0 Å². The minimum Gasteiger partial charge on any atom is -0.368 e. The lowest BCUT2D eigenvalue weighted by Gasteiger charge is -1.96. The highest BCUT2D eigenvalue weighted by Gasteiger charge is 1.97. The van der Waals surface area contributed by atoms with Crippen LogP contribution < -0.4 is 11.5 Å². The Morgan fingerprint density at radius 2 is 2.31 bits per heavy atom. The van der Waals surface area contributed by atoms with Gasteiger partial charge in [0.15, 0.2) is 0 Å². The van der Waals surface area contributed by atoms with E-state index in [0.29, 0.717) is 11.3 Å². The molecule has 1 rings (SSSR count). The molecule has 0 radical (unpaired) electrons. The molecular weight excluding hydrogens is 168 g/mol. The number of aryl methyl sites for hydroxylation is 1. The van der Waals surface area contributed by atoms with Crippen molar-refractivity contribution in [1.29, 1.82) is 0 Å². The molecule has 0 aliphatic rings. The first-order valence-electron chi connectivity index (χ1n) is 3.50. The highest BCUT2D eigenvalue weighted by atomic mass is 16.1. The Labute approximate surface area is 75.2 Å². The number of aromatic nitrogens is 2. The van der Waals surface area contributed by atoms with Gasteiger partial charge in [0, 0.05) is 12.1 Å². The van der Waals surface area contributed by atoms with Crippen LogP contribution in [0.25, 0.3) is 0 Å². The summed E-state index contributed by atoms with van der Waals surface area (Å²) in [7, 11) is 0. The Morgan fingerprint density at radius 1 is 1.62 bits per heavy atom. The van der Waals surface area contributed by atoms with Crippen molar-refractivity contribution >= 4 is 11.9 Å². The number of rotatable bonds is 0. The van der Waals surface area contributed by atoms with Crippen LogP contribution in [-0.2, 0) is 4.79 Å². The van der Waals surface area contributed by atoms with E-state index in [-0.39, 0.29) is 5.95 Å². The Morgan fingerprint density at radius 3 is 2.85 bits per heavy atom. The molecule has 0 bridgehead atoms. The molecule has 1 aromatic rings. The average molecular weight is 176 g/mol. The molecule has 1 heterocycles. The number of carbonyl (C=O) groups excluding carboxylic acids is 1. The molecule has 0 spiro atoms. The normalized spacial score (nSPS) is 8.69. The smallest absolute Gasteiger partial charge is 0.293 e. The number of hydrogen-bond acceptors (Lipinski definition) is 4. The number of hydrogen-bond donors (Lipinski definition) is 2. The van der Waals surface area contributed by atoms with Gasteiger partial charge in [-0.3, -0.25) is 4.79 Å². The lowest BCUT2D eigenvalue weighted by Crippen LogP contribution is -2.06. The van der Waals surface area contributed by atoms with Crippen LogP contribution in [0.2, 0.25) is 0 Å². The summed E-state index contributed by atoms with van der Waals surface area (Å²) >= 11 is 0. The average Bonchev–Trinajstić information content (AvgIpc) is 2.02. The monoisotopic (exact) mass is 176 g/mol. The van der Waals surface area contributed by atoms with E-state index >= 15 is 0 Å². The van der Waals surface area contributed by atoms with Crippen molar-refractivity contribution in [1.82, 2.24) is 9.97 Å². The molecule has 0 atom stereocenters. The van der Waals surface area contributed by atoms with Gasteiger partial charge in [0.1, 0.15) is 0 Å². The molecule has 0 saturated heterocycles. The van der Waals surface area contributed by atoms with Crippen LogP contribution in [0.1, 0.15) is 11.3 Å². The maximum absolute atomic E-state index is 10.3. The maximum Gasteiger partial charge on any atom is 0.293 e. The van der Waals surface area contributed by atoms with Crippen LogP contribution in [0.3, 0.4) is 0 Å². The van der Waals surface area contributed by atoms with E-state index in [9.17, 15) is 4.79 Å². The molecule has 4 N–H and O–H groups in total. The summed E-state index contributed by atoms with van der Waals surface area (Å²) in [4.78, 5) is 17.9. The first kappa shape index (κ1) is 9.00. The second-order valence-corrected chi connectivity index (χ2v) is 2.34. The van der Waals surface area contributed by atoms with Gasteiger partial charge in [-0.25, -0.2) is 9.97 Å². The number of nitrogens with zero attached hydrogens (tertiary/aromatic N) is 2. The van der Waals surface area contributed by atoms with Gasteiger partial charge in [-0.15, -0.1) is 0 Å². The number of nitrogens with two attached hydrogens (primary N) is 2. The van der Waals surface area contributed by atoms with E-state index in [2.05, 4.69) is 21.8 Å². The van der Waals surface area contributed by atoms with E-state index in [1.54, 1.807) is 6.92 Å². The largest absolute Gasteiger partial charge is 0.368 e. The summed E-state index contributed by atoms with van der Waals surface area (Å²) in [6, 6.07) is 0. The Kier molecular flexibility index (Phi) is 2.45. The lowest BCUT2D eigenvalue weighted by atomic mass is 10.2. The molecule has 0 fully saturated rings. The second kappa shape index (κ2) is 3.54. The number of amides is 1. The Bertz CT molecular complexity index is 402. The van der Waals surface area contributed by atoms with Gasteiger partial charge in [-0.1, -0.05) is 5.92 Å². The first-order chi connectivity index (χ1) is 6.09. The van der Waals surface area contributed by atoms with Crippen LogP contribution in [0.5, 0.6) is 0 Å². The fraction of sp³-hybridized carbons (Fsp3) is 0.125. The predicted octanol–water partition coefficient (Wildman–Crippen LogP) is -0.796. The van der Waals surface area contributed by atoms with Crippen molar-refractivity contribution in [2.45, 2.75) is 6.92 Å². The SMILES string of the molecule is Cc1nc(N)ncc1C#CC(N)=O. The van der Waals surface area contributed by atoms with Crippen molar-refractivity contribution in [2.75, 3.05) is 5.73 Å². The fourth-order valence-corrected chi connectivity index (χ4v) is 0.737. The predicted molar refractivity (Wildman–Crippen MR) is 47.3 cm³/mol. The first-order valence-corrected chi connectivity index (χ1v) is 3.50. The molecule has 5 heteroatoms. The molecule has 0 aliphatic heterocycles. The van der Waals surface area contributed by atoms with Gasteiger partial charge >= 0.3 is 0 Å². The molecule has 0 unspecified atom stereocenters. The van der Waals surface area contributed by atoms with Crippen LogP contribution in [-0.4, -0.2) is 15.9 Å². The topological polar surface area (TPSA) is 94.9 Å². The number of anilines is 1. The summed E-state index contributed by atoms with van der Waals surface area (Å²) in [5.74, 6) is 4.22. The van der Waals surface area contributed by atoms with Crippen molar-refractivity contribution < 1.29 is 4.79 Å². The van der Waals surface area contributed by atoms with Gasteiger partial charge in [0.05, 0.1) is 11.3 Å². The molecule has 1 aromatic heterocycles. The third kappa shape index (κ3) is 2.45. The van der Waals surface area contributed by atoms with Crippen LogP contribution in [0, 0.1) is 18.8 Å². The summed E-state index contributed by atoms with van der Waals surface area (Å²) < 4.78 is 0. The maximum atomic E-state index is 10.3. The molecule has 0 aromatic carbocycles. The number of primary amides is 1. The summed E-state index contributed by atoms with van der Waals surface area (Å²) in [6.07, 6.45) is 1.45. The molecular formula is C8H8N4O. The van der Waals surface area contributed by atoms with Crippen LogP contribution >= 0.6 is 0 Å². The van der Waals surface area contributed by atoms with E-state index in [4.69, 9.17) is 11.5 Å². The third-order valence-electron chi connectivity index (χ3n) is 1.32. The quantitative estimate of drug-likeness (QED) is 0.506. The fourth-order valence-electron chi connectivity index (χ4n) is 0.737. The molecule has 1 amide bonds. The highest BCUT2D eigenvalue weighted by Crippen LogP contribution is 2.02. The van der Waals surface area contributed by atoms with E-state index < -0.39 is 5.91 Å². The zero-order valence-electron chi connectivity index (χ0n) is 7.03. The zero-order valence-corrected chi connectivity index (χ0v) is 7.03. The molecule has 5 nitrogen and oxygen atoms in total. The third-order valence-corrected chi connectivity index (χ3v) is 1.32. The zero-order chi connectivity index (χ0) is 9.84. The summed E-state index contributed by atoms with van der Waals surface area (Å²) in [6.45, 7) is 1.73.